The van der Waals surface area contributed by atoms with E-state index in [-0.39, 0.29) is 17.4 Å². The molecule has 0 saturated carbocycles. The van der Waals surface area contributed by atoms with E-state index in [2.05, 4.69) is 0 Å². The van der Waals surface area contributed by atoms with E-state index in [0.29, 0.717) is 16.9 Å². The monoisotopic (exact) mass is 416 g/mol. The van der Waals surface area contributed by atoms with E-state index in [0.717, 1.165) is 0 Å². The molecule has 1 N–H and O–H groups in total. The van der Waals surface area contributed by atoms with Crippen molar-refractivity contribution < 1.29 is 24.3 Å². The molecule has 3 aromatic rings. The van der Waals surface area contributed by atoms with Crippen LogP contribution in [0, 0.1) is 5.92 Å². The van der Waals surface area contributed by atoms with Gasteiger partial charge in [-0.2, -0.15) is 0 Å². The first kappa shape index (κ1) is 19.1. The van der Waals surface area contributed by atoms with E-state index in [1.54, 1.807) is 47.5 Å². The molecule has 3 aromatic carbocycles. The number of hydrogen-bond donors (Lipinski definition) is 1. The second-order valence-corrected chi connectivity index (χ2v) is 7.40. The third-order valence-electron chi connectivity index (χ3n) is 5.71. The molecular formula is C24H20N2O5. The quantitative estimate of drug-likeness (QED) is 0.657. The normalized spacial score (nSPS) is 22.7. The SMILES string of the molecule is COc1cccc([C@H]2[C@H]3C(=O)N(c4ccccc4)C(=O)[C@@H]3ON2c2ccccc2)c1O. The molecule has 2 saturated heterocycles. The minimum atomic E-state index is -0.997. The first-order valence-electron chi connectivity index (χ1n) is 9.91. The van der Waals surface area contributed by atoms with Gasteiger partial charge in [0.05, 0.1) is 18.5 Å². The van der Waals surface area contributed by atoms with Crippen LogP contribution in [0.3, 0.4) is 0 Å². The molecule has 0 aromatic heterocycles. The van der Waals surface area contributed by atoms with Crippen molar-refractivity contribution in [1.82, 2.24) is 0 Å². The highest BCUT2D eigenvalue weighted by molar-refractivity contribution is 6.23. The Labute approximate surface area is 179 Å². The van der Waals surface area contributed by atoms with Gasteiger partial charge in [-0.3, -0.25) is 14.4 Å². The van der Waals surface area contributed by atoms with E-state index in [9.17, 15) is 14.7 Å². The zero-order chi connectivity index (χ0) is 21.5. The van der Waals surface area contributed by atoms with E-state index < -0.39 is 24.0 Å². The maximum Gasteiger partial charge on any atom is 0.266 e. The number of para-hydroxylation sites is 3. The highest BCUT2D eigenvalue weighted by Gasteiger charge is 2.60. The van der Waals surface area contributed by atoms with E-state index in [4.69, 9.17) is 9.57 Å². The van der Waals surface area contributed by atoms with Crippen molar-refractivity contribution in [1.29, 1.82) is 0 Å². The summed E-state index contributed by atoms with van der Waals surface area (Å²) in [5, 5.41) is 12.4. The predicted octanol–water partition coefficient (Wildman–Crippen LogP) is 3.45. The van der Waals surface area contributed by atoms with Gasteiger partial charge in [0.25, 0.3) is 5.91 Å². The lowest BCUT2D eigenvalue weighted by molar-refractivity contribution is -0.126. The summed E-state index contributed by atoms with van der Waals surface area (Å²) >= 11 is 0. The summed E-state index contributed by atoms with van der Waals surface area (Å²) in [6, 6.07) is 22.4. The molecule has 156 valence electrons. The Hall–Kier alpha value is -3.84. The number of anilines is 2. The van der Waals surface area contributed by atoms with Gasteiger partial charge >= 0.3 is 0 Å². The number of aromatic hydroxyl groups is 1. The summed E-state index contributed by atoms with van der Waals surface area (Å²) in [5.41, 5.74) is 1.62. The third kappa shape index (κ3) is 2.93. The van der Waals surface area contributed by atoms with Gasteiger partial charge in [0.1, 0.15) is 12.0 Å². The van der Waals surface area contributed by atoms with Crippen LogP contribution in [0.2, 0.25) is 0 Å². The van der Waals surface area contributed by atoms with Crippen molar-refractivity contribution in [3.05, 3.63) is 84.4 Å². The zero-order valence-corrected chi connectivity index (χ0v) is 16.7. The molecule has 5 rings (SSSR count). The van der Waals surface area contributed by atoms with Gasteiger partial charge in [0.2, 0.25) is 5.91 Å². The number of imide groups is 1. The van der Waals surface area contributed by atoms with Crippen molar-refractivity contribution in [3.63, 3.8) is 0 Å². The molecule has 2 heterocycles. The number of amides is 2. The molecule has 0 spiro atoms. The van der Waals surface area contributed by atoms with Crippen molar-refractivity contribution in [2.75, 3.05) is 17.1 Å². The molecular weight excluding hydrogens is 396 g/mol. The lowest BCUT2D eigenvalue weighted by Crippen LogP contribution is -2.37. The van der Waals surface area contributed by atoms with Gasteiger partial charge in [0.15, 0.2) is 17.6 Å². The first-order valence-corrected chi connectivity index (χ1v) is 9.91. The topological polar surface area (TPSA) is 79.3 Å². The first-order chi connectivity index (χ1) is 15.1. The Bertz CT molecular complexity index is 1140. The number of carbonyl (C=O) groups excluding carboxylic acids is 2. The van der Waals surface area contributed by atoms with E-state index in [1.807, 2.05) is 36.4 Å². The van der Waals surface area contributed by atoms with Crippen LogP contribution in [0.5, 0.6) is 11.5 Å². The number of ether oxygens (including phenoxy) is 1. The van der Waals surface area contributed by atoms with Crippen LogP contribution in [0.1, 0.15) is 11.6 Å². The van der Waals surface area contributed by atoms with Gasteiger partial charge in [-0.15, -0.1) is 0 Å². The average Bonchev–Trinajstić information content (AvgIpc) is 3.31. The lowest BCUT2D eigenvalue weighted by atomic mass is 9.90. The second-order valence-electron chi connectivity index (χ2n) is 7.40. The largest absolute Gasteiger partial charge is 0.504 e. The molecule has 7 nitrogen and oxygen atoms in total. The lowest BCUT2D eigenvalue weighted by Gasteiger charge is -2.29. The molecule has 0 unspecified atom stereocenters. The summed E-state index contributed by atoms with van der Waals surface area (Å²) in [6.07, 6.45) is -0.997. The third-order valence-corrected chi connectivity index (χ3v) is 5.71. The van der Waals surface area contributed by atoms with Crippen molar-refractivity contribution in [2.45, 2.75) is 12.1 Å². The Morgan fingerprint density at radius 1 is 0.839 bits per heavy atom. The Balaban J connectivity index is 1.63. The van der Waals surface area contributed by atoms with Crippen molar-refractivity contribution in [3.8, 4) is 11.5 Å². The fourth-order valence-electron chi connectivity index (χ4n) is 4.30. The number of phenolic OH excluding ortho intramolecular Hbond substituents is 1. The molecule has 3 atom stereocenters. The number of benzene rings is 3. The molecule has 0 radical (unpaired) electrons. The molecule has 31 heavy (non-hydrogen) atoms. The number of nitrogens with zero attached hydrogens (tertiary/aromatic N) is 2. The Kier molecular flexibility index (Phi) is 4.60. The molecule has 2 aliphatic rings. The Morgan fingerprint density at radius 3 is 2.13 bits per heavy atom. The number of hydrogen-bond acceptors (Lipinski definition) is 6. The van der Waals surface area contributed by atoms with Crippen LogP contribution in [0.4, 0.5) is 11.4 Å². The molecule has 2 fully saturated rings. The van der Waals surface area contributed by atoms with Crippen LogP contribution >= 0.6 is 0 Å². The number of phenols is 1. The van der Waals surface area contributed by atoms with Gasteiger partial charge < -0.3 is 9.84 Å². The molecule has 2 amide bonds. The minimum absolute atomic E-state index is 0.0846. The van der Waals surface area contributed by atoms with Crippen LogP contribution in [-0.4, -0.2) is 30.1 Å². The minimum Gasteiger partial charge on any atom is -0.504 e. The summed E-state index contributed by atoms with van der Waals surface area (Å²) < 4.78 is 5.26. The molecule has 0 aliphatic carbocycles. The maximum atomic E-state index is 13.5. The Morgan fingerprint density at radius 2 is 1.48 bits per heavy atom. The van der Waals surface area contributed by atoms with E-state index >= 15 is 0 Å². The molecule has 0 bridgehead atoms. The average molecular weight is 416 g/mol. The standard InChI is InChI=1S/C24H20N2O5/c1-30-18-14-8-13-17(21(18)27)20-19-22(31-26(20)16-11-6-3-7-12-16)24(29)25(23(19)28)15-9-4-2-5-10-15/h2-14,19-20,22,27H,1H3/t19-,20+,22-/m1/s1. The van der Waals surface area contributed by atoms with Crippen LogP contribution in [0.25, 0.3) is 0 Å². The fourth-order valence-corrected chi connectivity index (χ4v) is 4.30. The number of hydroxylamine groups is 1. The molecule has 7 heteroatoms. The highest BCUT2D eigenvalue weighted by Crippen LogP contribution is 2.50. The number of carbonyl (C=O) groups is 2. The number of methoxy groups -OCH3 is 1. The zero-order valence-electron chi connectivity index (χ0n) is 16.7. The van der Waals surface area contributed by atoms with E-state index in [1.165, 1.54) is 12.0 Å². The van der Waals surface area contributed by atoms with Gasteiger partial charge in [-0.25, -0.2) is 9.96 Å². The summed E-state index contributed by atoms with van der Waals surface area (Å²) in [6.45, 7) is 0. The fraction of sp³-hybridized carbons (Fsp3) is 0.167. The van der Waals surface area contributed by atoms with Gasteiger partial charge in [0, 0.05) is 5.56 Å². The van der Waals surface area contributed by atoms with Crippen LogP contribution in [0.15, 0.2) is 78.9 Å². The van der Waals surface area contributed by atoms with Crippen molar-refractivity contribution >= 4 is 23.2 Å². The number of fused-ring (bicyclic) bond motifs is 1. The highest BCUT2D eigenvalue weighted by atomic mass is 16.7. The van der Waals surface area contributed by atoms with Gasteiger partial charge in [-0.05, 0) is 30.3 Å². The molecule has 2 aliphatic heterocycles. The van der Waals surface area contributed by atoms with Gasteiger partial charge in [-0.1, -0.05) is 48.5 Å². The van der Waals surface area contributed by atoms with Crippen LogP contribution in [-0.2, 0) is 14.4 Å². The summed E-state index contributed by atoms with van der Waals surface area (Å²) in [4.78, 5) is 34.0. The predicted molar refractivity (Wildman–Crippen MR) is 114 cm³/mol. The summed E-state index contributed by atoms with van der Waals surface area (Å²) in [7, 11) is 1.46. The summed E-state index contributed by atoms with van der Waals surface area (Å²) in [5.74, 6) is -1.42. The number of rotatable bonds is 4. The van der Waals surface area contributed by atoms with Crippen LogP contribution < -0.4 is 14.7 Å². The maximum absolute atomic E-state index is 13.5. The second kappa shape index (κ2) is 7.45. The smallest absolute Gasteiger partial charge is 0.266 e. The van der Waals surface area contributed by atoms with Crippen molar-refractivity contribution in [2.24, 2.45) is 5.92 Å².